The van der Waals surface area contributed by atoms with Crippen LogP contribution in [0, 0.1) is 0 Å². The number of hydrogen-bond acceptors (Lipinski definition) is 2. The molecule has 3 nitrogen and oxygen atoms in total. The standard InChI is InChI=1S/C12H13NO2/c1-9(2)13-6-5-10-7-11(15-8-14)3-4-12(10)13/h3-9H,1-2H3. The van der Waals surface area contributed by atoms with Gasteiger partial charge in [0.25, 0.3) is 6.47 Å². The van der Waals surface area contributed by atoms with Crippen molar-refractivity contribution in [2.75, 3.05) is 0 Å². The number of ether oxygens (including phenoxy) is 1. The van der Waals surface area contributed by atoms with E-state index in [4.69, 9.17) is 4.74 Å². The minimum Gasteiger partial charge on any atom is -0.429 e. The van der Waals surface area contributed by atoms with Crippen molar-refractivity contribution in [3.63, 3.8) is 0 Å². The maximum atomic E-state index is 10.2. The quantitative estimate of drug-likeness (QED) is 0.718. The molecule has 0 aliphatic heterocycles. The van der Waals surface area contributed by atoms with Crippen molar-refractivity contribution < 1.29 is 9.53 Å². The number of rotatable bonds is 3. The van der Waals surface area contributed by atoms with Crippen LogP contribution in [0.5, 0.6) is 5.75 Å². The molecule has 1 heterocycles. The van der Waals surface area contributed by atoms with Gasteiger partial charge >= 0.3 is 0 Å². The third-order valence-electron chi connectivity index (χ3n) is 2.43. The van der Waals surface area contributed by atoms with Gasteiger partial charge < -0.3 is 9.30 Å². The molecule has 0 aliphatic rings. The van der Waals surface area contributed by atoms with Crippen molar-refractivity contribution in [3.8, 4) is 5.75 Å². The van der Waals surface area contributed by atoms with Crippen LogP contribution in [-0.2, 0) is 4.79 Å². The Morgan fingerprint density at radius 1 is 1.33 bits per heavy atom. The van der Waals surface area contributed by atoms with Gasteiger partial charge in [0.15, 0.2) is 0 Å². The molecule has 0 unspecified atom stereocenters. The van der Waals surface area contributed by atoms with Gasteiger partial charge in [-0.05, 0) is 38.1 Å². The molecule has 1 aromatic carbocycles. The average Bonchev–Trinajstić information content (AvgIpc) is 2.61. The van der Waals surface area contributed by atoms with E-state index in [2.05, 4.69) is 18.4 Å². The molecule has 0 saturated carbocycles. The van der Waals surface area contributed by atoms with E-state index in [1.165, 1.54) is 0 Å². The Morgan fingerprint density at radius 2 is 2.13 bits per heavy atom. The Kier molecular flexibility index (Phi) is 2.46. The van der Waals surface area contributed by atoms with Gasteiger partial charge in [0.1, 0.15) is 5.75 Å². The summed E-state index contributed by atoms with van der Waals surface area (Å²) in [4.78, 5) is 10.2. The lowest BCUT2D eigenvalue weighted by Crippen LogP contribution is -1.97. The zero-order valence-corrected chi connectivity index (χ0v) is 8.81. The predicted molar refractivity (Wildman–Crippen MR) is 59.0 cm³/mol. The zero-order chi connectivity index (χ0) is 10.8. The molecule has 0 aliphatic carbocycles. The zero-order valence-electron chi connectivity index (χ0n) is 8.81. The SMILES string of the molecule is CC(C)n1ccc2cc(OC=O)ccc21. The first-order valence-corrected chi connectivity index (χ1v) is 4.93. The molecular formula is C12H13NO2. The lowest BCUT2D eigenvalue weighted by Gasteiger charge is -2.09. The van der Waals surface area contributed by atoms with E-state index < -0.39 is 0 Å². The van der Waals surface area contributed by atoms with Crippen LogP contribution >= 0.6 is 0 Å². The van der Waals surface area contributed by atoms with Gasteiger partial charge in [-0.15, -0.1) is 0 Å². The molecule has 2 rings (SSSR count). The number of carbonyl (C=O) groups is 1. The van der Waals surface area contributed by atoms with Crippen molar-refractivity contribution in [2.45, 2.75) is 19.9 Å². The molecule has 1 aromatic heterocycles. The van der Waals surface area contributed by atoms with Crippen LogP contribution in [0.15, 0.2) is 30.5 Å². The lowest BCUT2D eigenvalue weighted by atomic mass is 10.2. The molecule has 0 spiro atoms. The maximum absolute atomic E-state index is 10.2. The van der Waals surface area contributed by atoms with E-state index in [9.17, 15) is 4.79 Å². The molecule has 78 valence electrons. The van der Waals surface area contributed by atoms with Crippen LogP contribution in [-0.4, -0.2) is 11.0 Å². The van der Waals surface area contributed by atoms with E-state index in [1.807, 2.05) is 24.4 Å². The summed E-state index contributed by atoms with van der Waals surface area (Å²) < 4.78 is 6.97. The Labute approximate surface area is 88.3 Å². The van der Waals surface area contributed by atoms with Gasteiger partial charge in [-0.25, -0.2) is 0 Å². The largest absolute Gasteiger partial charge is 0.429 e. The number of hydrogen-bond donors (Lipinski definition) is 0. The molecular weight excluding hydrogens is 190 g/mol. The summed E-state index contributed by atoms with van der Waals surface area (Å²) >= 11 is 0. The van der Waals surface area contributed by atoms with Crippen LogP contribution in [0.2, 0.25) is 0 Å². The van der Waals surface area contributed by atoms with Gasteiger partial charge in [-0.1, -0.05) is 0 Å². The maximum Gasteiger partial charge on any atom is 0.298 e. The Hall–Kier alpha value is -1.77. The molecule has 0 amide bonds. The van der Waals surface area contributed by atoms with E-state index in [0.717, 1.165) is 10.9 Å². The third kappa shape index (κ3) is 1.73. The molecule has 2 aromatic rings. The second-order valence-corrected chi connectivity index (χ2v) is 3.75. The van der Waals surface area contributed by atoms with Crippen molar-refractivity contribution in [3.05, 3.63) is 30.5 Å². The number of fused-ring (bicyclic) bond motifs is 1. The highest BCUT2D eigenvalue weighted by molar-refractivity contribution is 5.82. The van der Waals surface area contributed by atoms with Gasteiger partial charge in [0, 0.05) is 23.1 Å². The van der Waals surface area contributed by atoms with Crippen LogP contribution in [0.1, 0.15) is 19.9 Å². The fourth-order valence-electron chi connectivity index (χ4n) is 1.72. The highest BCUT2D eigenvalue weighted by Gasteiger charge is 2.04. The van der Waals surface area contributed by atoms with Crippen LogP contribution in [0.3, 0.4) is 0 Å². The molecule has 0 atom stereocenters. The molecule has 0 radical (unpaired) electrons. The summed E-state index contributed by atoms with van der Waals surface area (Å²) in [6.45, 7) is 4.71. The molecule has 3 heteroatoms. The van der Waals surface area contributed by atoms with Gasteiger partial charge in [-0.2, -0.15) is 0 Å². The van der Waals surface area contributed by atoms with Crippen LogP contribution in [0.4, 0.5) is 0 Å². The summed E-state index contributed by atoms with van der Waals surface area (Å²) in [5, 5.41) is 1.09. The first kappa shape index (κ1) is 9.77. The van der Waals surface area contributed by atoms with Gasteiger partial charge in [-0.3, -0.25) is 4.79 Å². The summed E-state index contributed by atoms with van der Waals surface area (Å²) in [5.41, 5.74) is 1.16. The highest BCUT2D eigenvalue weighted by Crippen LogP contribution is 2.24. The molecule has 0 saturated heterocycles. The van der Waals surface area contributed by atoms with E-state index in [0.29, 0.717) is 18.3 Å². The Morgan fingerprint density at radius 3 is 2.80 bits per heavy atom. The van der Waals surface area contributed by atoms with Crippen molar-refractivity contribution >= 4 is 17.4 Å². The molecule has 0 bridgehead atoms. The summed E-state index contributed by atoms with van der Waals surface area (Å²) in [5.74, 6) is 0.582. The third-order valence-corrected chi connectivity index (χ3v) is 2.43. The predicted octanol–water partition coefficient (Wildman–Crippen LogP) is 2.76. The number of aromatic nitrogens is 1. The van der Waals surface area contributed by atoms with Crippen LogP contribution < -0.4 is 4.74 Å². The first-order chi connectivity index (χ1) is 7.22. The monoisotopic (exact) mass is 203 g/mol. The summed E-state index contributed by atoms with van der Waals surface area (Å²) in [7, 11) is 0. The normalized spacial score (nSPS) is 10.9. The van der Waals surface area contributed by atoms with Crippen molar-refractivity contribution in [1.82, 2.24) is 4.57 Å². The summed E-state index contributed by atoms with van der Waals surface area (Å²) in [6, 6.07) is 8.08. The number of carbonyl (C=O) groups excluding carboxylic acids is 1. The van der Waals surface area contributed by atoms with Crippen molar-refractivity contribution in [2.24, 2.45) is 0 Å². The fourth-order valence-corrected chi connectivity index (χ4v) is 1.72. The van der Waals surface area contributed by atoms with Gasteiger partial charge in [0.2, 0.25) is 0 Å². The van der Waals surface area contributed by atoms with Crippen LogP contribution in [0.25, 0.3) is 10.9 Å². The highest BCUT2D eigenvalue weighted by atomic mass is 16.5. The molecule has 0 fully saturated rings. The lowest BCUT2D eigenvalue weighted by molar-refractivity contribution is -0.120. The number of nitrogens with zero attached hydrogens (tertiary/aromatic N) is 1. The topological polar surface area (TPSA) is 31.2 Å². The van der Waals surface area contributed by atoms with Crippen molar-refractivity contribution in [1.29, 1.82) is 0 Å². The van der Waals surface area contributed by atoms with E-state index in [1.54, 1.807) is 6.07 Å². The Balaban J connectivity index is 2.51. The average molecular weight is 203 g/mol. The Bertz CT molecular complexity index is 485. The summed E-state index contributed by atoms with van der Waals surface area (Å²) in [6.07, 6.45) is 2.04. The fraction of sp³-hybridized carbons (Fsp3) is 0.250. The first-order valence-electron chi connectivity index (χ1n) is 4.93. The second-order valence-electron chi connectivity index (χ2n) is 3.75. The molecule has 15 heavy (non-hydrogen) atoms. The van der Waals surface area contributed by atoms with Gasteiger partial charge in [0.05, 0.1) is 0 Å². The minimum atomic E-state index is 0.431. The van der Waals surface area contributed by atoms with E-state index in [-0.39, 0.29) is 0 Å². The minimum absolute atomic E-state index is 0.431. The smallest absolute Gasteiger partial charge is 0.298 e. The number of benzene rings is 1. The molecule has 0 N–H and O–H groups in total. The van der Waals surface area contributed by atoms with E-state index >= 15 is 0 Å². The second kappa shape index (κ2) is 3.77.